The molecule has 2 atom stereocenters. The van der Waals surface area contributed by atoms with Crippen molar-refractivity contribution in [2.75, 3.05) is 32.6 Å². The van der Waals surface area contributed by atoms with E-state index in [9.17, 15) is 5.11 Å². The summed E-state index contributed by atoms with van der Waals surface area (Å²) in [5, 5.41) is 13.6. The van der Waals surface area contributed by atoms with Crippen LogP contribution in [0.15, 0.2) is 0 Å². The van der Waals surface area contributed by atoms with Crippen LogP contribution in [0, 0.1) is 5.92 Å². The highest BCUT2D eigenvalue weighted by atomic mass is 32.2. The summed E-state index contributed by atoms with van der Waals surface area (Å²) in [4.78, 5) is 0. The molecule has 16 heavy (non-hydrogen) atoms. The molecule has 1 aliphatic rings. The molecule has 0 saturated heterocycles. The summed E-state index contributed by atoms with van der Waals surface area (Å²) in [6, 6.07) is 0. The highest BCUT2D eigenvalue weighted by molar-refractivity contribution is 7.99. The van der Waals surface area contributed by atoms with Crippen molar-refractivity contribution in [2.24, 2.45) is 5.92 Å². The van der Waals surface area contributed by atoms with E-state index in [1.165, 1.54) is 12.8 Å². The summed E-state index contributed by atoms with van der Waals surface area (Å²) in [7, 11) is 0. The predicted octanol–water partition coefficient (Wildman–Crippen LogP) is 1.51. The van der Waals surface area contributed by atoms with Gasteiger partial charge in [-0.3, -0.25) is 0 Å². The van der Waals surface area contributed by atoms with Crippen LogP contribution in [0.5, 0.6) is 0 Å². The van der Waals surface area contributed by atoms with Crippen LogP contribution < -0.4 is 5.32 Å². The summed E-state index contributed by atoms with van der Waals surface area (Å²) in [6.45, 7) is 5.15. The topological polar surface area (TPSA) is 41.5 Å². The zero-order valence-electron chi connectivity index (χ0n) is 10.4. The molecule has 1 saturated carbocycles. The van der Waals surface area contributed by atoms with E-state index in [4.69, 9.17) is 4.74 Å². The first-order chi connectivity index (χ1) is 7.72. The predicted molar refractivity (Wildman–Crippen MR) is 70.0 cm³/mol. The molecule has 2 unspecified atom stereocenters. The van der Waals surface area contributed by atoms with E-state index in [-0.39, 0.29) is 6.10 Å². The van der Waals surface area contributed by atoms with Gasteiger partial charge in [0.1, 0.15) is 0 Å². The first-order valence-corrected chi connectivity index (χ1v) is 7.50. The lowest BCUT2D eigenvalue weighted by Crippen LogP contribution is -2.31. The molecule has 0 aliphatic heterocycles. The third kappa shape index (κ3) is 7.49. The van der Waals surface area contributed by atoms with Gasteiger partial charge < -0.3 is 15.2 Å². The van der Waals surface area contributed by atoms with E-state index in [1.807, 2.05) is 11.8 Å². The van der Waals surface area contributed by atoms with Gasteiger partial charge in [-0.15, -0.1) is 0 Å². The van der Waals surface area contributed by atoms with Crippen molar-refractivity contribution in [1.82, 2.24) is 5.32 Å². The Hall–Kier alpha value is 0.230. The highest BCUT2D eigenvalue weighted by Gasteiger charge is 2.21. The van der Waals surface area contributed by atoms with Crippen molar-refractivity contribution in [1.29, 1.82) is 0 Å². The maximum Gasteiger partial charge on any atom is 0.0897 e. The van der Waals surface area contributed by atoms with Gasteiger partial charge >= 0.3 is 0 Å². The molecule has 3 nitrogen and oxygen atoms in total. The molecule has 0 radical (unpaired) electrons. The number of hydrogen-bond acceptors (Lipinski definition) is 4. The summed E-state index contributed by atoms with van der Waals surface area (Å²) in [5.74, 6) is 0.780. The van der Waals surface area contributed by atoms with Crippen molar-refractivity contribution in [3.63, 3.8) is 0 Å². The van der Waals surface area contributed by atoms with Crippen LogP contribution in [-0.4, -0.2) is 49.0 Å². The quantitative estimate of drug-likeness (QED) is 0.574. The number of thioether (sulfide) groups is 1. The average molecular weight is 247 g/mol. The molecule has 1 fully saturated rings. The first kappa shape index (κ1) is 14.3. The Morgan fingerprint density at radius 3 is 2.88 bits per heavy atom. The fourth-order valence-corrected chi connectivity index (χ4v) is 1.76. The van der Waals surface area contributed by atoms with E-state index < -0.39 is 0 Å². The Balaban J connectivity index is 1.83. The zero-order chi connectivity index (χ0) is 11.8. The number of rotatable bonds is 10. The summed E-state index contributed by atoms with van der Waals surface area (Å²) >= 11 is 1.88. The van der Waals surface area contributed by atoms with Gasteiger partial charge in [0.25, 0.3) is 0 Å². The number of nitrogens with one attached hydrogen (secondary N) is 1. The summed E-state index contributed by atoms with van der Waals surface area (Å²) in [5.41, 5.74) is 0. The molecule has 0 aromatic carbocycles. The normalized spacial score (nSPS) is 19.7. The summed E-state index contributed by atoms with van der Waals surface area (Å²) < 4.78 is 5.42. The van der Waals surface area contributed by atoms with Crippen molar-refractivity contribution >= 4 is 11.8 Å². The second-order valence-electron chi connectivity index (χ2n) is 4.67. The van der Waals surface area contributed by atoms with Gasteiger partial charge in [-0.1, -0.05) is 6.92 Å². The lowest BCUT2D eigenvalue weighted by Gasteiger charge is -2.13. The van der Waals surface area contributed by atoms with E-state index in [1.54, 1.807) is 0 Å². The van der Waals surface area contributed by atoms with Crippen LogP contribution in [0.25, 0.3) is 0 Å². The Morgan fingerprint density at radius 1 is 1.50 bits per heavy atom. The SMILES string of the molecule is CSC(C)CCNCC(O)COCC1CC1. The van der Waals surface area contributed by atoms with Crippen molar-refractivity contribution in [3.8, 4) is 0 Å². The second-order valence-corrected chi connectivity index (χ2v) is 5.95. The Labute approximate surface area is 103 Å². The monoisotopic (exact) mass is 247 g/mol. The van der Waals surface area contributed by atoms with Gasteiger partial charge in [-0.2, -0.15) is 11.8 Å². The maximum atomic E-state index is 9.61. The second kappa shape index (κ2) is 8.34. The van der Waals surface area contributed by atoms with E-state index >= 15 is 0 Å². The van der Waals surface area contributed by atoms with Crippen LogP contribution in [0.2, 0.25) is 0 Å². The van der Waals surface area contributed by atoms with Gasteiger partial charge in [-0.05, 0) is 38.0 Å². The number of hydrogen-bond donors (Lipinski definition) is 2. The largest absolute Gasteiger partial charge is 0.389 e. The van der Waals surface area contributed by atoms with Gasteiger partial charge in [0.05, 0.1) is 12.7 Å². The molecule has 1 rings (SSSR count). The van der Waals surface area contributed by atoms with Crippen LogP contribution in [-0.2, 0) is 4.74 Å². The fourth-order valence-electron chi connectivity index (χ4n) is 1.41. The number of aliphatic hydroxyl groups is 1. The Kier molecular flexibility index (Phi) is 7.45. The molecule has 0 aromatic heterocycles. The van der Waals surface area contributed by atoms with Gasteiger partial charge in [-0.25, -0.2) is 0 Å². The van der Waals surface area contributed by atoms with Crippen molar-refractivity contribution < 1.29 is 9.84 Å². The number of aliphatic hydroxyl groups excluding tert-OH is 1. The van der Waals surface area contributed by atoms with Gasteiger partial charge in [0.2, 0.25) is 0 Å². The zero-order valence-corrected chi connectivity index (χ0v) is 11.3. The smallest absolute Gasteiger partial charge is 0.0897 e. The molecule has 0 amide bonds. The van der Waals surface area contributed by atoms with E-state index in [2.05, 4.69) is 18.5 Å². The molecule has 1 aliphatic carbocycles. The maximum absolute atomic E-state index is 9.61. The molecule has 96 valence electrons. The molecule has 0 heterocycles. The minimum Gasteiger partial charge on any atom is -0.389 e. The lowest BCUT2D eigenvalue weighted by atomic mass is 10.3. The van der Waals surface area contributed by atoms with Crippen molar-refractivity contribution in [2.45, 2.75) is 37.5 Å². The molecule has 0 aromatic rings. The lowest BCUT2D eigenvalue weighted by molar-refractivity contribution is 0.0326. The third-order valence-corrected chi connectivity index (χ3v) is 3.91. The standard InChI is InChI=1S/C12H25NO2S/c1-10(16-2)5-6-13-7-12(14)9-15-8-11-3-4-11/h10-14H,3-9H2,1-2H3. The minimum atomic E-state index is -0.358. The Bertz CT molecular complexity index is 176. The molecular weight excluding hydrogens is 222 g/mol. The van der Waals surface area contributed by atoms with Crippen LogP contribution in [0.3, 0.4) is 0 Å². The molecule has 4 heteroatoms. The molecule has 0 bridgehead atoms. The summed E-state index contributed by atoms with van der Waals surface area (Å²) in [6.07, 6.45) is 5.53. The fraction of sp³-hybridized carbons (Fsp3) is 1.00. The molecular formula is C12H25NO2S. The highest BCUT2D eigenvalue weighted by Crippen LogP contribution is 2.28. The van der Waals surface area contributed by atoms with Crippen molar-refractivity contribution in [3.05, 3.63) is 0 Å². The van der Waals surface area contributed by atoms with E-state index in [0.29, 0.717) is 18.4 Å². The third-order valence-electron chi connectivity index (χ3n) is 2.87. The van der Waals surface area contributed by atoms with Crippen LogP contribution in [0.4, 0.5) is 0 Å². The molecule has 2 N–H and O–H groups in total. The van der Waals surface area contributed by atoms with Crippen LogP contribution >= 0.6 is 11.8 Å². The molecule has 0 spiro atoms. The average Bonchev–Trinajstić information content (AvgIpc) is 3.08. The first-order valence-electron chi connectivity index (χ1n) is 6.21. The van der Waals surface area contributed by atoms with Gasteiger partial charge in [0, 0.05) is 18.4 Å². The van der Waals surface area contributed by atoms with E-state index in [0.717, 1.165) is 25.5 Å². The minimum absolute atomic E-state index is 0.358. The number of ether oxygens (including phenoxy) is 1. The Morgan fingerprint density at radius 2 is 2.25 bits per heavy atom. The van der Waals surface area contributed by atoms with Crippen LogP contribution in [0.1, 0.15) is 26.2 Å². The van der Waals surface area contributed by atoms with Gasteiger partial charge in [0.15, 0.2) is 0 Å².